The molecular formula is C31H38F2N8. The number of halogens is 2. The molecule has 0 atom stereocenters. The van der Waals surface area contributed by atoms with E-state index in [-0.39, 0.29) is 23.2 Å². The Morgan fingerprint density at radius 2 is 1.71 bits per heavy atom. The molecule has 0 unspecified atom stereocenters. The first kappa shape index (κ1) is 27.7. The minimum absolute atomic E-state index is 0.0156. The maximum absolute atomic E-state index is 15.0. The van der Waals surface area contributed by atoms with Gasteiger partial charge in [-0.25, -0.2) is 28.7 Å². The number of anilines is 2. The largest absolute Gasteiger partial charge is 0.326 e. The van der Waals surface area contributed by atoms with Crippen LogP contribution in [-0.2, 0) is 6.54 Å². The fraction of sp³-hybridized carbons (Fsp3) is 0.484. The highest BCUT2D eigenvalue weighted by atomic mass is 19.1. The summed E-state index contributed by atoms with van der Waals surface area (Å²) in [5.74, 6) is 0.309. The van der Waals surface area contributed by atoms with Gasteiger partial charge in [-0.05, 0) is 95.4 Å². The molecule has 2 aliphatic rings. The number of nitrogens with one attached hydrogen (secondary N) is 1. The van der Waals surface area contributed by atoms with Crippen molar-refractivity contribution in [3.63, 3.8) is 0 Å². The third kappa shape index (κ3) is 5.55. The second-order valence-electron chi connectivity index (χ2n) is 11.9. The molecule has 0 saturated carbocycles. The molecule has 10 heteroatoms. The van der Waals surface area contributed by atoms with Gasteiger partial charge in [-0.2, -0.15) is 0 Å². The quantitative estimate of drug-likeness (QED) is 0.292. The lowest BCUT2D eigenvalue weighted by Gasteiger charge is -2.39. The number of piperidine rings is 1. The van der Waals surface area contributed by atoms with Gasteiger partial charge in [-0.1, -0.05) is 13.0 Å². The van der Waals surface area contributed by atoms with Crippen LogP contribution in [0.25, 0.3) is 22.3 Å². The van der Waals surface area contributed by atoms with Crippen LogP contribution in [0.15, 0.2) is 36.7 Å². The number of benzene rings is 1. The first-order chi connectivity index (χ1) is 19.7. The summed E-state index contributed by atoms with van der Waals surface area (Å²) in [6.45, 7) is 14.8. The van der Waals surface area contributed by atoms with Crippen LogP contribution in [0.2, 0.25) is 0 Å². The molecule has 1 aromatic carbocycles. The molecule has 216 valence electrons. The molecular weight excluding hydrogens is 522 g/mol. The van der Waals surface area contributed by atoms with Gasteiger partial charge in [0.2, 0.25) is 5.95 Å². The lowest BCUT2D eigenvalue weighted by molar-refractivity contribution is 0.111. The van der Waals surface area contributed by atoms with Crippen LogP contribution in [0.3, 0.4) is 0 Å². The molecule has 8 nitrogen and oxygen atoms in total. The summed E-state index contributed by atoms with van der Waals surface area (Å²) in [5.41, 5.74) is 2.84. The Bertz CT molecular complexity index is 1540. The highest BCUT2D eigenvalue weighted by molar-refractivity contribution is 5.83. The fourth-order valence-electron chi connectivity index (χ4n) is 6.57. The number of hydrogen-bond acceptors (Lipinski definition) is 7. The predicted molar refractivity (Wildman–Crippen MR) is 157 cm³/mol. The van der Waals surface area contributed by atoms with Crippen LogP contribution in [0.4, 0.5) is 20.5 Å². The Labute approximate surface area is 239 Å². The third-order valence-electron chi connectivity index (χ3n) is 8.81. The fourth-order valence-corrected chi connectivity index (χ4v) is 6.57. The zero-order valence-electron chi connectivity index (χ0n) is 24.3. The number of hydrogen-bond donors (Lipinski definition) is 1. The molecule has 6 rings (SSSR count). The molecule has 5 heterocycles. The summed E-state index contributed by atoms with van der Waals surface area (Å²) < 4.78 is 31.8. The summed E-state index contributed by atoms with van der Waals surface area (Å²) in [4.78, 5) is 22.5. The molecule has 0 radical (unpaired) electrons. The molecule has 2 aliphatic heterocycles. The molecule has 1 spiro atoms. The van der Waals surface area contributed by atoms with Crippen molar-refractivity contribution >= 4 is 22.8 Å². The molecule has 4 aromatic rings. The topological polar surface area (TPSA) is 75.0 Å². The normalized spacial score (nSPS) is 17.7. The monoisotopic (exact) mass is 560 g/mol. The van der Waals surface area contributed by atoms with Gasteiger partial charge in [0.25, 0.3) is 0 Å². The van der Waals surface area contributed by atoms with Gasteiger partial charge in [-0.3, -0.25) is 4.90 Å². The van der Waals surface area contributed by atoms with Gasteiger partial charge < -0.3 is 14.8 Å². The molecule has 0 amide bonds. The van der Waals surface area contributed by atoms with E-state index in [0.29, 0.717) is 28.1 Å². The van der Waals surface area contributed by atoms with E-state index in [4.69, 9.17) is 0 Å². The SMILES string of the molecule is CCN1CCC2(CC1)CCN(Cc1ccc(Nc3ncc(F)c(-c4cc(F)c5nc(C)n(C(C)C)c5c4)n3)nc1)C2. The summed E-state index contributed by atoms with van der Waals surface area (Å²) in [6.07, 6.45) is 6.83. The standard InChI is InChI=1S/C31H38F2N8/c1-5-39-11-8-31(9-12-39)10-13-40(19-31)18-22-6-7-27(34-16-22)37-30-35-17-25(33)28(38-30)23-14-24(32)29-26(15-23)41(20(2)3)21(4)36-29/h6-7,14-17,20H,5,8-13,18-19H2,1-4H3,(H,34,35,37,38). The van der Waals surface area contributed by atoms with Gasteiger partial charge >= 0.3 is 0 Å². The van der Waals surface area contributed by atoms with Gasteiger partial charge in [0.15, 0.2) is 11.6 Å². The Hall–Kier alpha value is -3.50. The van der Waals surface area contributed by atoms with E-state index in [0.717, 1.165) is 37.9 Å². The van der Waals surface area contributed by atoms with Gasteiger partial charge in [0.05, 0.1) is 11.7 Å². The van der Waals surface area contributed by atoms with Crippen LogP contribution < -0.4 is 5.32 Å². The smallest absolute Gasteiger partial charge is 0.229 e. The molecule has 2 fully saturated rings. The summed E-state index contributed by atoms with van der Waals surface area (Å²) in [6, 6.07) is 7.03. The van der Waals surface area contributed by atoms with Crippen molar-refractivity contribution in [1.29, 1.82) is 0 Å². The molecule has 41 heavy (non-hydrogen) atoms. The number of fused-ring (bicyclic) bond motifs is 1. The predicted octanol–water partition coefficient (Wildman–Crippen LogP) is 6.11. The van der Waals surface area contributed by atoms with Crippen molar-refractivity contribution in [2.75, 3.05) is 38.0 Å². The summed E-state index contributed by atoms with van der Waals surface area (Å²) in [5, 5.41) is 3.07. The van der Waals surface area contributed by atoms with Crippen LogP contribution in [-0.4, -0.2) is 67.0 Å². The van der Waals surface area contributed by atoms with E-state index < -0.39 is 11.6 Å². The Morgan fingerprint density at radius 1 is 0.951 bits per heavy atom. The summed E-state index contributed by atoms with van der Waals surface area (Å²) >= 11 is 0. The zero-order valence-corrected chi connectivity index (χ0v) is 24.3. The first-order valence-electron chi connectivity index (χ1n) is 14.6. The minimum Gasteiger partial charge on any atom is -0.326 e. The number of aromatic nitrogens is 5. The molecule has 2 saturated heterocycles. The Balaban J connectivity index is 1.15. The molecule has 0 aliphatic carbocycles. The number of imidazole rings is 1. The van der Waals surface area contributed by atoms with E-state index >= 15 is 4.39 Å². The molecule has 3 aromatic heterocycles. The van der Waals surface area contributed by atoms with Gasteiger partial charge in [0.1, 0.15) is 22.9 Å². The summed E-state index contributed by atoms with van der Waals surface area (Å²) in [7, 11) is 0. The van der Waals surface area contributed by atoms with E-state index in [1.807, 2.05) is 37.6 Å². The van der Waals surface area contributed by atoms with Crippen molar-refractivity contribution in [1.82, 2.24) is 34.3 Å². The molecule has 1 N–H and O–H groups in total. The van der Waals surface area contributed by atoms with E-state index in [1.165, 1.54) is 38.4 Å². The maximum atomic E-state index is 15.0. The van der Waals surface area contributed by atoms with Crippen molar-refractivity contribution in [2.24, 2.45) is 5.41 Å². The molecule has 0 bridgehead atoms. The van der Waals surface area contributed by atoms with E-state index in [1.54, 1.807) is 6.07 Å². The number of aryl methyl sites for hydroxylation is 1. The highest BCUT2D eigenvalue weighted by Crippen LogP contribution is 2.40. The third-order valence-corrected chi connectivity index (χ3v) is 8.81. The van der Waals surface area contributed by atoms with Crippen LogP contribution >= 0.6 is 0 Å². The highest BCUT2D eigenvalue weighted by Gasteiger charge is 2.40. The van der Waals surface area contributed by atoms with Crippen LogP contribution in [0.1, 0.15) is 57.5 Å². The second-order valence-corrected chi connectivity index (χ2v) is 11.9. The zero-order chi connectivity index (χ0) is 28.7. The van der Waals surface area contributed by atoms with Crippen molar-refractivity contribution in [3.05, 3.63) is 59.7 Å². The second kappa shape index (κ2) is 11.1. The maximum Gasteiger partial charge on any atom is 0.229 e. The lowest BCUT2D eigenvalue weighted by Crippen LogP contribution is -2.41. The first-order valence-corrected chi connectivity index (χ1v) is 14.6. The van der Waals surface area contributed by atoms with E-state index in [2.05, 4.69) is 48.0 Å². The number of nitrogens with zero attached hydrogens (tertiary/aromatic N) is 7. The Morgan fingerprint density at radius 3 is 2.39 bits per heavy atom. The average molecular weight is 561 g/mol. The number of rotatable bonds is 7. The van der Waals surface area contributed by atoms with Gasteiger partial charge in [0, 0.05) is 30.9 Å². The number of likely N-dealkylation sites (tertiary alicyclic amines) is 2. The number of pyridine rings is 1. The van der Waals surface area contributed by atoms with Crippen LogP contribution in [0, 0.1) is 24.0 Å². The van der Waals surface area contributed by atoms with Crippen molar-refractivity contribution < 1.29 is 8.78 Å². The lowest BCUT2D eigenvalue weighted by atomic mass is 9.78. The van der Waals surface area contributed by atoms with E-state index in [9.17, 15) is 4.39 Å². The van der Waals surface area contributed by atoms with Gasteiger partial charge in [-0.15, -0.1) is 0 Å². The average Bonchev–Trinajstić information content (AvgIpc) is 3.51. The van der Waals surface area contributed by atoms with Crippen molar-refractivity contribution in [3.8, 4) is 11.3 Å². The van der Waals surface area contributed by atoms with Crippen molar-refractivity contribution in [2.45, 2.75) is 59.5 Å². The minimum atomic E-state index is -0.631. The Kier molecular flexibility index (Phi) is 7.46. The van der Waals surface area contributed by atoms with Crippen LogP contribution in [0.5, 0.6) is 0 Å².